The SMILES string of the molecule is CNC(=O)CCC(C=O)N(C=O)c1cccc(CCO)c1N(C)C.C[C@@H](Oc1ccc2[nH]nc(-c3ccc(N4CC5(C[N-]C5)C4)nc3)c2c1)c1c(Cl)cncc1Cl.[Y]. The summed E-state index contributed by atoms with van der Waals surface area (Å²) in [6, 6.07) is 14.6. The van der Waals surface area contributed by atoms with E-state index in [4.69, 9.17) is 32.9 Å². The molecule has 2 aliphatic heterocycles. The second-order valence-electron chi connectivity index (χ2n) is 14.4. The molecule has 17 heteroatoms. The van der Waals surface area contributed by atoms with Crippen LogP contribution >= 0.6 is 23.2 Å². The summed E-state index contributed by atoms with van der Waals surface area (Å²) >= 11 is 12.6. The van der Waals surface area contributed by atoms with Gasteiger partial charge in [0.15, 0.2) is 0 Å². The molecule has 1 spiro atoms. The predicted octanol–water partition coefficient (Wildman–Crippen LogP) is 6.00. The maximum Gasteiger partial charge on any atom is 0.219 e. The number of carbonyl (C=O) groups excluding carboxylic acids is 3. The van der Waals surface area contributed by atoms with Gasteiger partial charge in [-0.1, -0.05) is 35.3 Å². The second-order valence-corrected chi connectivity index (χ2v) is 15.3. The number of pyridine rings is 2. The van der Waals surface area contributed by atoms with Gasteiger partial charge in [0.2, 0.25) is 12.3 Å². The Morgan fingerprint density at radius 3 is 2.43 bits per heavy atom. The molecule has 2 saturated heterocycles. The number of aromatic nitrogens is 4. The van der Waals surface area contributed by atoms with Crippen molar-refractivity contribution in [1.29, 1.82) is 0 Å². The summed E-state index contributed by atoms with van der Waals surface area (Å²) in [7, 11) is 5.20. The summed E-state index contributed by atoms with van der Waals surface area (Å²) in [4.78, 5) is 48.8. The first-order valence-corrected chi connectivity index (χ1v) is 19.3. The fourth-order valence-electron chi connectivity index (χ4n) is 7.24. The van der Waals surface area contributed by atoms with Crippen LogP contribution in [0.5, 0.6) is 5.75 Å². The van der Waals surface area contributed by atoms with Crippen LogP contribution in [0.1, 0.15) is 37.0 Å². The summed E-state index contributed by atoms with van der Waals surface area (Å²) in [5.74, 6) is 1.51. The number of nitrogens with zero attached hydrogens (tertiary/aromatic N) is 7. The van der Waals surface area contributed by atoms with E-state index in [2.05, 4.69) is 42.8 Å². The average molecular weight is 905 g/mol. The van der Waals surface area contributed by atoms with Gasteiger partial charge >= 0.3 is 0 Å². The third-order valence-corrected chi connectivity index (χ3v) is 10.8. The van der Waals surface area contributed by atoms with Gasteiger partial charge in [0.1, 0.15) is 29.7 Å². The molecule has 1 unspecified atom stereocenters. The van der Waals surface area contributed by atoms with Crippen LogP contribution in [0, 0.1) is 5.41 Å². The number of amides is 2. The van der Waals surface area contributed by atoms with Crippen molar-refractivity contribution in [3.63, 3.8) is 0 Å². The standard InChI is InChI=1S/C24H21Cl2N6O.C17H25N3O4.Y/c1-14(22-18(25)8-27-9-19(22)26)33-16-3-4-20-17(6-16)23(31-30-20)15-2-5-21(29-7-15)32-12-24(13-32)10-28-11-24;1-18-16(24)8-7-14(11-22)20(12-23)15-6-4-5-13(9-10-21)17(15)19(2)3;/h2-9,14H,10-13H2,1H3,(H,30,31);4-6,11-12,14,21H,7-10H2,1-3H3,(H,18,24);/q-1;;/t14-;;/m1../s1. The molecular weight excluding hydrogens is 858 g/mol. The van der Waals surface area contributed by atoms with E-state index < -0.39 is 6.04 Å². The van der Waals surface area contributed by atoms with Crippen molar-refractivity contribution in [1.82, 2.24) is 25.5 Å². The van der Waals surface area contributed by atoms with Gasteiger partial charge in [-0.15, -0.1) is 13.1 Å². The molecule has 303 valence electrons. The molecule has 3 aromatic heterocycles. The van der Waals surface area contributed by atoms with E-state index in [0.29, 0.717) is 51.6 Å². The van der Waals surface area contributed by atoms with Gasteiger partial charge in [0, 0.05) is 115 Å². The largest absolute Gasteiger partial charge is 0.661 e. The van der Waals surface area contributed by atoms with Crippen LogP contribution in [0.3, 0.4) is 0 Å². The van der Waals surface area contributed by atoms with E-state index >= 15 is 0 Å². The molecule has 5 aromatic rings. The zero-order valence-electron chi connectivity index (χ0n) is 32.9. The summed E-state index contributed by atoms with van der Waals surface area (Å²) in [5, 5.41) is 25.6. The van der Waals surface area contributed by atoms with Gasteiger partial charge in [-0.2, -0.15) is 5.10 Å². The van der Waals surface area contributed by atoms with Crippen molar-refractivity contribution in [2.75, 3.05) is 68.6 Å². The first kappa shape index (κ1) is 44.9. The Morgan fingerprint density at radius 2 is 1.84 bits per heavy atom. The number of halogens is 2. The molecule has 2 aromatic carbocycles. The van der Waals surface area contributed by atoms with Crippen molar-refractivity contribution >= 4 is 69.9 Å². The first-order valence-electron chi connectivity index (χ1n) is 18.6. The topological polar surface area (TPSA) is 171 Å². The normalized spacial score (nSPS) is 14.8. The summed E-state index contributed by atoms with van der Waals surface area (Å²) in [6.45, 7) is 5.96. The zero-order valence-corrected chi connectivity index (χ0v) is 37.2. The quantitative estimate of drug-likeness (QED) is 0.106. The van der Waals surface area contributed by atoms with Gasteiger partial charge in [-0.25, -0.2) is 4.98 Å². The minimum absolute atomic E-state index is 0. The number of aliphatic hydroxyl groups is 1. The molecular formula is C41H46Cl2N9O5Y-. The molecule has 2 fully saturated rings. The Morgan fingerprint density at radius 1 is 1.10 bits per heavy atom. The van der Waals surface area contributed by atoms with Crippen LogP contribution in [0.4, 0.5) is 17.2 Å². The average Bonchev–Trinajstić information content (AvgIpc) is 3.59. The van der Waals surface area contributed by atoms with Crippen LogP contribution in [0.25, 0.3) is 27.5 Å². The molecule has 58 heavy (non-hydrogen) atoms. The van der Waals surface area contributed by atoms with Gasteiger partial charge < -0.3 is 40.0 Å². The minimum atomic E-state index is -0.733. The van der Waals surface area contributed by atoms with Crippen molar-refractivity contribution < 1.29 is 56.9 Å². The van der Waals surface area contributed by atoms with E-state index in [1.165, 1.54) is 11.9 Å². The van der Waals surface area contributed by atoms with Crippen LogP contribution < -0.4 is 24.8 Å². The Hall–Kier alpha value is -4.18. The molecule has 5 heterocycles. The smallest absolute Gasteiger partial charge is 0.219 e. The monoisotopic (exact) mass is 903 g/mol. The first-order chi connectivity index (χ1) is 27.5. The molecule has 3 N–H and O–H groups in total. The van der Waals surface area contributed by atoms with E-state index in [-0.39, 0.29) is 64.2 Å². The fraction of sp³-hybridized carbons (Fsp3) is 0.366. The number of hydrogen-bond donors (Lipinski definition) is 3. The summed E-state index contributed by atoms with van der Waals surface area (Å²) in [5.41, 5.74) is 6.06. The number of benzene rings is 2. The van der Waals surface area contributed by atoms with Gasteiger partial charge in [0.05, 0.1) is 33.0 Å². The third kappa shape index (κ3) is 9.98. The number of hydrogen-bond acceptors (Lipinski definition) is 10. The van der Waals surface area contributed by atoms with E-state index in [1.54, 1.807) is 24.5 Å². The fourth-order valence-corrected chi connectivity index (χ4v) is 7.91. The molecule has 2 aliphatic rings. The number of carbonyl (C=O) groups is 3. The summed E-state index contributed by atoms with van der Waals surface area (Å²) < 4.78 is 6.17. The van der Waals surface area contributed by atoms with Gasteiger partial charge in [-0.3, -0.25) is 19.7 Å². The minimum Gasteiger partial charge on any atom is -0.661 e. The van der Waals surface area contributed by atoms with Gasteiger partial charge in [-0.05, 0) is 67.1 Å². The van der Waals surface area contributed by atoms with Crippen molar-refractivity contribution in [2.45, 2.75) is 38.3 Å². The second kappa shape index (κ2) is 20.2. The number of aliphatic hydroxyl groups excluding tert-OH is 1. The zero-order chi connectivity index (χ0) is 40.7. The predicted molar refractivity (Wildman–Crippen MR) is 224 cm³/mol. The molecule has 0 aliphatic carbocycles. The number of aromatic amines is 1. The van der Waals surface area contributed by atoms with E-state index in [9.17, 15) is 19.5 Å². The number of fused-ring (bicyclic) bond motifs is 1. The number of H-pyrrole nitrogens is 1. The number of anilines is 3. The van der Waals surface area contributed by atoms with E-state index in [0.717, 1.165) is 65.4 Å². The van der Waals surface area contributed by atoms with Crippen LogP contribution in [-0.4, -0.2) is 104 Å². The Bertz CT molecular complexity index is 2170. The molecule has 2 atom stereocenters. The summed E-state index contributed by atoms with van der Waals surface area (Å²) in [6.07, 6.45) is 6.78. The number of rotatable bonds is 15. The molecule has 1 radical (unpaired) electrons. The third-order valence-electron chi connectivity index (χ3n) is 10.2. The van der Waals surface area contributed by atoms with Crippen LogP contribution in [0.15, 0.2) is 67.1 Å². The van der Waals surface area contributed by atoms with Crippen molar-refractivity contribution in [3.8, 4) is 17.0 Å². The van der Waals surface area contributed by atoms with Crippen LogP contribution in [0.2, 0.25) is 10.0 Å². The van der Waals surface area contributed by atoms with Crippen molar-refractivity contribution in [2.24, 2.45) is 5.41 Å². The molecule has 0 saturated carbocycles. The molecule has 7 rings (SSSR count). The number of nitrogens with one attached hydrogen (secondary N) is 2. The Kier molecular flexibility index (Phi) is 15.6. The number of ether oxygens (including phenoxy) is 1. The molecule has 0 bridgehead atoms. The van der Waals surface area contributed by atoms with Gasteiger partial charge in [0.25, 0.3) is 0 Å². The number of aldehydes is 1. The number of para-hydroxylation sites is 1. The van der Waals surface area contributed by atoms with Crippen LogP contribution in [-0.2, 0) is 53.5 Å². The Labute approximate surface area is 372 Å². The molecule has 2 amide bonds. The van der Waals surface area contributed by atoms with E-state index in [1.807, 2.05) is 56.4 Å². The molecule has 14 nitrogen and oxygen atoms in total. The maximum absolute atomic E-state index is 11.7. The Balaban J connectivity index is 0.000000230. The maximum atomic E-state index is 11.7. The van der Waals surface area contributed by atoms with Crippen molar-refractivity contribution in [3.05, 3.63) is 93.6 Å².